The van der Waals surface area contributed by atoms with Crippen molar-refractivity contribution >= 4 is 0 Å². The molecule has 0 saturated carbocycles. The van der Waals surface area contributed by atoms with E-state index >= 15 is 0 Å². The molecule has 1 aliphatic heterocycles. The van der Waals surface area contributed by atoms with E-state index in [4.69, 9.17) is 15.2 Å². The first-order valence-corrected chi connectivity index (χ1v) is 5.23. The molecule has 14 heavy (non-hydrogen) atoms. The van der Waals surface area contributed by atoms with Crippen LogP contribution in [0.3, 0.4) is 0 Å². The van der Waals surface area contributed by atoms with Gasteiger partial charge in [0.05, 0.1) is 12.1 Å². The molecule has 0 aliphatic carbocycles. The van der Waals surface area contributed by atoms with Gasteiger partial charge in [-0.3, -0.25) is 4.90 Å². The Labute approximate surface area is 86.3 Å². The second-order valence-electron chi connectivity index (χ2n) is 4.00. The molecule has 1 fully saturated rings. The van der Waals surface area contributed by atoms with Crippen molar-refractivity contribution in [3.8, 4) is 0 Å². The minimum atomic E-state index is 0.0771. The summed E-state index contributed by atoms with van der Waals surface area (Å²) in [5, 5.41) is 0. The third-order valence-electron chi connectivity index (χ3n) is 3.11. The highest BCUT2D eigenvalue weighted by atomic mass is 16.5. The summed E-state index contributed by atoms with van der Waals surface area (Å²) in [6.07, 6.45) is 2.10. The average Bonchev–Trinajstić information content (AvgIpc) is 2.67. The van der Waals surface area contributed by atoms with Gasteiger partial charge in [0.15, 0.2) is 0 Å². The Bertz CT molecular complexity index is 158. The Morgan fingerprint density at radius 2 is 2.36 bits per heavy atom. The molecule has 0 spiro atoms. The minimum Gasteiger partial charge on any atom is -0.385 e. The van der Waals surface area contributed by atoms with E-state index in [1.165, 1.54) is 0 Å². The third-order valence-corrected chi connectivity index (χ3v) is 3.11. The summed E-state index contributed by atoms with van der Waals surface area (Å²) in [7, 11) is 3.86. The Balaban J connectivity index is 2.35. The molecule has 4 nitrogen and oxygen atoms in total. The van der Waals surface area contributed by atoms with Crippen LogP contribution >= 0.6 is 0 Å². The number of likely N-dealkylation sites (N-methyl/N-ethyl adjacent to an activating group) is 1. The molecule has 84 valence electrons. The predicted molar refractivity (Wildman–Crippen MR) is 56.3 cm³/mol. The Hall–Kier alpha value is -0.160. The summed E-state index contributed by atoms with van der Waals surface area (Å²) in [4.78, 5) is 2.32. The van der Waals surface area contributed by atoms with Crippen LogP contribution in [0, 0.1) is 0 Å². The van der Waals surface area contributed by atoms with Crippen molar-refractivity contribution in [3.05, 3.63) is 0 Å². The normalized spacial score (nSPS) is 27.4. The van der Waals surface area contributed by atoms with Gasteiger partial charge in [-0.15, -0.1) is 0 Å². The van der Waals surface area contributed by atoms with Gasteiger partial charge < -0.3 is 15.2 Å². The summed E-state index contributed by atoms with van der Waals surface area (Å²) in [6.45, 7) is 4.12. The smallest absolute Gasteiger partial charge is 0.0663 e. The lowest BCUT2D eigenvalue weighted by molar-refractivity contribution is 0.0838. The zero-order valence-corrected chi connectivity index (χ0v) is 9.29. The van der Waals surface area contributed by atoms with E-state index in [0.717, 1.165) is 39.2 Å². The summed E-state index contributed by atoms with van der Waals surface area (Å²) < 4.78 is 10.5. The van der Waals surface area contributed by atoms with E-state index < -0.39 is 0 Å². The van der Waals surface area contributed by atoms with Crippen molar-refractivity contribution in [2.75, 3.05) is 47.1 Å². The molecule has 1 aliphatic rings. The van der Waals surface area contributed by atoms with Gasteiger partial charge in [0, 0.05) is 33.4 Å². The molecule has 1 rings (SSSR count). The van der Waals surface area contributed by atoms with Crippen LogP contribution in [0.25, 0.3) is 0 Å². The number of rotatable bonds is 6. The van der Waals surface area contributed by atoms with Crippen molar-refractivity contribution in [1.82, 2.24) is 4.90 Å². The van der Waals surface area contributed by atoms with Crippen LogP contribution in [-0.4, -0.2) is 57.5 Å². The van der Waals surface area contributed by atoms with Gasteiger partial charge in [0.2, 0.25) is 0 Å². The quantitative estimate of drug-likeness (QED) is 0.619. The number of hydrogen-bond donors (Lipinski definition) is 1. The van der Waals surface area contributed by atoms with Gasteiger partial charge >= 0.3 is 0 Å². The van der Waals surface area contributed by atoms with E-state index in [-0.39, 0.29) is 5.54 Å². The third kappa shape index (κ3) is 2.67. The van der Waals surface area contributed by atoms with Crippen molar-refractivity contribution < 1.29 is 9.47 Å². The number of nitrogens with zero attached hydrogens (tertiary/aromatic N) is 1. The van der Waals surface area contributed by atoms with Crippen molar-refractivity contribution in [2.24, 2.45) is 5.73 Å². The van der Waals surface area contributed by atoms with Gasteiger partial charge in [-0.05, 0) is 19.9 Å². The van der Waals surface area contributed by atoms with Crippen LogP contribution in [0.4, 0.5) is 0 Å². The molecule has 1 atom stereocenters. The van der Waals surface area contributed by atoms with Crippen LogP contribution in [0.5, 0.6) is 0 Å². The lowest BCUT2D eigenvalue weighted by Crippen LogP contribution is -2.53. The van der Waals surface area contributed by atoms with E-state index in [1.54, 1.807) is 7.11 Å². The van der Waals surface area contributed by atoms with E-state index in [2.05, 4.69) is 11.9 Å². The standard InChI is InChI=1S/C10H22N2O2/c1-12(5-3-6-13-2)10(8-11)4-7-14-9-10/h3-9,11H2,1-2H3. The summed E-state index contributed by atoms with van der Waals surface area (Å²) in [5.41, 5.74) is 5.90. The van der Waals surface area contributed by atoms with Crippen molar-refractivity contribution in [2.45, 2.75) is 18.4 Å². The lowest BCUT2D eigenvalue weighted by Gasteiger charge is -2.36. The molecule has 4 heteroatoms. The molecule has 0 bridgehead atoms. The van der Waals surface area contributed by atoms with Gasteiger partial charge in [-0.25, -0.2) is 0 Å². The maximum Gasteiger partial charge on any atom is 0.0663 e. The summed E-state index contributed by atoms with van der Waals surface area (Å²) in [5.74, 6) is 0. The van der Waals surface area contributed by atoms with Crippen LogP contribution < -0.4 is 5.73 Å². The summed E-state index contributed by atoms with van der Waals surface area (Å²) >= 11 is 0. The first kappa shape index (κ1) is 11.9. The van der Waals surface area contributed by atoms with Crippen LogP contribution in [0.15, 0.2) is 0 Å². The molecule has 1 unspecified atom stereocenters. The maximum atomic E-state index is 5.82. The highest BCUT2D eigenvalue weighted by Gasteiger charge is 2.36. The zero-order chi connectivity index (χ0) is 10.4. The fraction of sp³-hybridized carbons (Fsp3) is 1.00. The van der Waals surface area contributed by atoms with Gasteiger partial charge in [0.1, 0.15) is 0 Å². The molecule has 1 saturated heterocycles. The minimum absolute atomic E-state index is 0.0771. The van der Waals surface area contributed by atoms with Gasteiger partial charge in [0.25, 0.3) is 0 Å². The molecule has 0 aromatic rings. The Kier molecular flexibility index (Phi) is 4.81. The second kappa shape index (κ2) is 5.66. The molecule has 0 aromatic carbocycles. The van der Waals surface area contributed by atoms with Gasteiger partial charge in [-0.1, -0.05) is 0 Å². The molecular weight excluding hydrogens is 180 g/mol. The first-order chi connectivity index (χ1) is 6.75. The summed E-state index contributed by atoms with van der Waals surface area (Å²) in [6, 6.07) is 0. The number of ether oxygens (including phenoxy) is 2. The lowest BCUT2D eigenvalue weighted by atomic mass is 9.97. The Morgan fingerprint density at radius 1 is 1.57 bits per heavy atom. The molecule has 0 amide bonds. The second-order valence-corrected chi connectivity index (χ2v) is 4.00. The maximum absolute atomic E-state index is 5.82. The highest BCUT2D eigenvalue weighted by Crippen LogP contribution is 2.23. The molecular formula is C10H22N2O2. The largest absolute Gasteiger partial charge is 0.385 e. The fourth-order valence-corrected chi connectivity index (χ4v) is 1.90. The number of nitrogens with two attached hydrogens (primary N) is 1. The van der Waals surface area contributed by atoms with E-state index in [0.29, 0.717) is 6.54 Å². The Morgan fingerprint density at radius 3 is 2.86 bits per heavy atom. The average molecular weight is 202 g/mol. The number of methoxy groups -OCH3 is 1. The van der Waals surface area contributed by atoms with Crippen LogP contribution in [-0.2, 0) is 9.47 Å². The topological polar surface area (TPSA) is 47.7 Å². The highest BCUT2D eigenvalue weighted by molar-refractivity contribution is 4.93. The van der Waals surface area contributed by atoms with Gasteiger partial charge in [-0.2, -0.15) is 0 Å². The zero-order valence-electron chi connectivity index (χ0n) is 9.29. The van der Waals surface area contributed by atoms with Crippen LogP contribution in [0.2, 0.25) is 0 Å². The van der Waals surface area contributed by atoms with Crippen molar-refractivity contribution in [3.63, 3.8) is 0 Å². The first-order valence-electron chi connectivity index (χ1n) is 5.23. The van der Waals surface area contributed by atoms with Crippen molar-refractivity contribution in [1.29, 1.82) is 0 Å². The molecule has 2 N–H and O–H groups in total. The fourth-order valence-electron chi connectivity index (χ4n) is 1.90. The molecule has 0 aromatic heterocycles. The number of hydrogen-bond acceptors (Lipinski definition) is 4. The van der Waals surface area contributed by atoms with Crippen LogP contribution in [0.1, 0.15) is 12.8 Å². The SMILES string of the molecule is COCCCN(C)C1(CN)CCOC1. The monoisotopic (exact) mass is 202 g/mol. The van der Waals surface area contributed by atoms with E-state index in [9.17, 15) is 0 Å². The predicted octanol–water partition coefficient (Wildman–Crippen LogP) is 0.0725. The molecule has 1 heterocycles. The van der Waals surface area contributed by atoms with E-state index in [1.807, 2.05) is 0 Å². The molecule has 0 radical (unpaired) electrons.